The van der Waals surface area contributed by atoms with Crippen molar-refractivity contribution in [3.8, 4) is 10.6 Å². The zero-order chi connectivity index (χ0) is 22.1. The van der Waals surface area contributed by atoms with E-state index in [-0.39, 0.29) is 23.3 Å². The molecule has 1 aromatic carbocycles. The standard InChI is InChI=1S/C21H28FN5O3S/c1-14-10-26(11-15(2)24(14)3)19-9-18(22)17(8-20(19)27(28)29)21-23-16(13-31-21)12-25-4-6-30-7-5-25/h8-9,13-15H,4-7,10-12H2,1-3H3. The predicted molar refractivity (Wildman–Crippen MR) is 119 cm³/mol. The monoisotopic (exact) mass is 449 g/mol. The highest BCUT2D eigenvalue weighted by atomic mass is 32.1. The fourth-order valence-electron chi connectivity index (χ4n) is 4.21. The first-order chi connectivity index (χ1) is 14.8. The topological polar surface area (TPSA) is 75.0 Å². The molecule has 2 aliphatic rings. The number of aromatic nitrogens is 1. The van der Waals surface area contributed by atoms with Crippen molar-refractivity contribution in [2.75, 3.05) is 51.3 Å². The van der Waals surface area contributed by atoms with Crippen LogP contribution in [0.4, 0.5) is 15.8 Å². The highest BCUT2D eigenvalue weighted by Crippen LogP contribution is 2.38. The third kappa shape index (κ3) is 4.72. The lowest BCUT2D eigenvalue weighted by Gasteiger charge is -2.43. The van der Waals surface area contributed by atoms with E-state index in [4.69, 9.17) is 4.74 Å². The summed E-state index contributed by atoms with van der Waals surface area (Å²) in [5.41, 5.74) is 1.28. The molecule has 1 aromatic heterocycles. The van der Waals surface area contributed by atoms with Crippen molar-refractivity contribution in [2.24, 2.45) is 0 Å². The zero-order valence-electron chi connectivity index (χ0n) is 18.1. The van der Waals surface area contributed by atoms with Gasteiger partial charge < -0.3 is 9.64 Å². The molecule has 10 heteroatoms. The summed E-state index contributed by atoms with van der Waals surface area (Å²) in [5, 5.41) is 14.2. The number of piperazine rings is 1. The van der Waals surface area contributed by atoms with Crippen LogP contribution in [0.3, 0.4) is 0 Å². The van der Waals surface area contributed by atoms with Crippen LogP contribution in [0.25, 0.3) is 10.6 Å². The van der Waals surface area contributed by atoms with Gasteiger partial charge in [0.1, 0.15) is 16.5 Å². The van der Waals surface area contributed by atoms with E-state index in [1.807, 2.05) is 17.3 Å². The van der Waals surface area contributed by atoms with Crippen LogP contribution >= 0.6 is 11.3 Å². The number of nitro groups is 1. The number of halogens is 1. The Morgan fingerprint density at radius 3 is 2.58 bits per heavy atom. The maximum Gasteiger partial charge on any atom is 0.293 e. The van der Waals surface area contributed by atoms with E-state index < -0.39 is 10.7 Å². The Labute approximate surface area is 185 Å². The maximum atomic E-state index is 15.2. The highest BCUT2D eigenvalue weighted by molar-refractivity contribution is 7.13. The van der Waals surface area contributed by atoms with E-state index in [1.165, 1.54) is 23.5 Å². The van der Waals surface area contributed by atoms with E-state index in [1.54, 1.807) is 0 Å². The van der Waals surface area contributed by atoms with Crippen LogP contribution in [-0.4, -0.2) is 78.2 Å². The quantitative estimate of drug-likeness (QED) is 0.512. The Bertz CT molecular complexity index is 937. The molecule has 3 heterocycles. The number of likely N-dealkylation sites (N-methyl/N-ethyl adjacent to an activating group) is 1. The number of ether oxygens (including phenoxy) is 1. The van der Waals surface area contributed by atoms with Crippen LogP contribution in [0.5, 0.6) is 0 Å². The van der Waals surface area contributed by atoms with E-state index in [0.29, 0.717) is 43.5 Å². The van der Waals surface area contributed by atoms with Gasteiger partial charge in [-0.05, 0) is 20.9 Å². The minimum Gasteiger partial charge on any atom is -0.379 e. The average molecular weight is 450 g/mol. The minimum atomic E-state index is -0.480. The molecule has 0 radical (unpaired) electrons. The number of thiazole rings is 1. The lowest BCUT2D eigenvalue weighted by Crippen LogP contribution is -2.55. The van der Waals surface area contributed by atoms with Crippen LogP contribution < -0.4 is 4.90 Å². The van der Waals surface area contributed by atoms with Gasteiger partial charge in [-0.15, -0.1) is 11.3 Å². The van der Waals surface area contributed by atoms with Crippen LogP contribution in [-0.2, 0) is 11.3 Å². The van der Waals surface area contributed by atoms with Gasteiger partial charge in [-0.2, -0.15) is 0 Å². The van der Waals surface area contributed by atoms with E-state index in [0.717, 1.165) is 18.8 Å². The number of hydrogen-bond acceptors (Lipinski definition) is 8. The summed E-state index contributed by atoms with van der Waals surface area (Å²) in [6.45, 7) is 9.11. The number of rotatable bonds is 5. The summed E-state index contributed by atoms with van der Waals surface area (Å²) in [6.07, 6.45) is 0. The van der Waals surface area contributed by atoms with Gasteiger partial charge in [0.15, 0.2) is 0 Å². The number of morpholine rings is 1. The van der Waals surface area contributed by atoms with Crippen molar-refractivity contribution in [3.05, 3.63) is 39.1 Å². The van der Waals surface area contributed by atoms with Crippen molar-refractivity contribution in [1.82, 2.24) is 14.8 Å². The Morgan fingerprint density at radius 2 is 1.94 bits per heavy atom. The Hall–Kier alpha value is -2.14. The third-order valence-electron chi connectivity index (χ3n) is 6.23. The summed E-state index contributed by atoms with van der Waals surface area (Å²) in [7, 11) is 2.04. The number of nitrogens with zero attached hydrogens (tertiary/aromatic N) is 5. The predicted octanol–water partition coefficient (Wildman–Crippen LogP) is 3.22. The Kier molecular flexibility index (Phi) is 6.52. The summed E-state index contributed by atoms with van der Waals surface area (Å²) in [4.78, 5) is 22.4. The van der Waals surface area contributed by atoms with Crippen LogP contribution in [0.2, 0.25) is 0 Å². The van der Waals surface area contributed by atoms with Gasteiger partial charge in [0.2, 0.25) is 0 Å². The van der Waals surface area contributed by atoms with Crippen molar-refractivity contribution < 1.29 is 14.1 Å². The van der Waals surface area contributed by atoms with Crippen LogP contribution in [0.15, 0.2) is 17.5 Å². The third-order valence-corrected chi connectivity index (χ3v) is 7.16. The molecule has 31 heavy (non-hydrogen) atoms. The average Bonchev–Trinajstić information content (AvgIpc) is 3.20. The Balaban J connectivity index is 1.61. The van der Waals surface area contributed by atoms with Crippen molar-refractivity contribution in [2.45, 2.75) is 32.5 Å². The SMILES string of the molecule is CC1CN(c2cc(F)c(-c3nc(CN4CCOCC4)cs3)cc2[N+](=O)[O-])CC(C)N1C. The molecule has 4 rings (SSSR count). The molecule has 168 valence electrons. The van der Waals surface area contributed by atoms with Crippen LogP contribution in [0, 0.1) is 15.9 Å². The molecule has 2 aromatic rings. The second-order valence-corrected chi connectivity index (χ2v) is 9.24. The van der Waals surface area contributed by atoms with Gasteiger partial charge in [-0.1, -0.05) is 0 Å². The van der Waals surface area contributed by atoms with Gasteiger partial charge >= 0.3 is 0 Å². The van der Waals surface area contributed by atoms with Crippen LogP contribution in [0.1, 0.15) is 19.5 Å². The largest absolute Gasteiger partial charge is 0.379 e. The van der Waals surface area contributed by atoms with E-state index >= 15 is 4.39 Å². The molecule has 0 bridgehead atoms. The second kappa shape index (κ2) is 9.15. The van der Waals surface area contributed by atoms with Gasteiger partial charge in [-0.3, -0.25) is 19.9 Å². The molecule has 8 nitrogen and oxygen atoms in total. The molecule has 0 aliphatic carbocycles. The minimum absolute atomic E-state index is 0.0784. The fraction of sp³-hybridized carbons (Fsp3) is 0.571. The first-order valence-electron chi connectivity index (χ1n) is 10.5. The fourth-order valence-corrected chi connectivity index (χ4v) is 5.04. The molecule has 2 unspecified atom stereocenters. The first kappa shape index (κ1) is 22.1. The molecule has 2 atom stereocenters. The van der Waals surface area contributed by atoms with Crippen molar-refractivity contribution in [1.29, 1.82) is 0 Å². The number of hydrogen-bond donors (Lipinski definition) is 0. The van der Waals surface area contributed by atoms with Gasteiger partial charge in [0.25, 0.3) is 5.69 Å². The number of anilines is 1. The summed E-state index contributed by atoms with van der Waals surface area (Å²) >= 11 is 1.32. The lowest BCUT2D eigenvalue weighted by atomic mass is 10.1. The summed E-state index contributed by atoms with van der Waals surface area (Å²) < 4.78 is 20.5. The summed E-state index contributed by atoms with van der Waals surface area (Å²) in [5.74, 6) is -0.480. The molecule has 0 N–H and O–H groups in total. The summed E-state index contributed by atoms with van der Waals surface area (Å²) in [6, 6.07) is 3.08. The second-order valence-electron chi connectivity index (χ2n) is 8.38. The van der Waals surface area contributed by atoms with Gasteiger partial charge in [-0.25, -0.2) is 9.37 Å². The van der Waals surface area contributed by atoms with Gasteiger partial charge in [0, 0.05) is 62.3 Å². The van der Waals surface area contributed by atoms with E-state index in [2.05, 4.69) is 28.6 Å². The molecule has 0 spiro atoms. The molecule has 2 aliphatic heterocycles. The molecular formula is C21H28FN5O3S. The zero-order valence-corrected chi connectivity index (χ0v) is 18.9. The number of nitro benzene ring substituents is 1. The highest BCUT2D eigenvalue weighted by Gasteiger charge is 2.31. The first-order valence-corrected chi connectivity index (χ1v) is 11.4. The lowest BCUT2D eigenvalue weighted by molar-refractivity contribution is -0.384. The Morgan fingerprint density at radius 1 is 1.26 bits per heavy atom. The molecule has 0 amide bonds. The van der Waals surface area contributed by atoms with Crippen molar-refractivity contribution >= 4 is 22.7 Å². The normalized spacial score (nSPS) is 23.3. The van der Waals surface area contributed by atoms with Gasteiger partial charge in [0.05, 0.1) is 29.4 Å². The maximum absolute atomic E-state index is 15.2. The smallest absolute Gasteiger partial charge is 0.293 e. The van der Waals surface area contributed by atoms with E-state index in [9.17, 15) is 10.1 Å². The molecular weight excluding hydrogens is 421 g/mol. The number of benzene rings is 1. The molecule has 0 saturated carbocycles. The van der Waals surface area contributed by atoms with Crippen molar-refractivity contribution in [3.63, 3.8) is 0 Å². The molecule has 2 fully saturated rings. The molecule has 2 saturated heterocycles.